The first-order chi connectivity index (χ1) is 20.0. The number of nitrogens with zero attached hydrogens (tertiary/aromatic N) is 1. The molecule has 41 heavy (non-hydrogen) atoms. The van der Waals surface area contributed by atoms with Crippen molar-refractivity contribution in [3.8, 4) is 5.75 Å². The minimum atomic E-state index is -0.670. The third kappa shape index (κ3) is 7.56. The molecule has 4 aromatic rings. The zero-order chi connectivity index (χ0) is 28.6. The van der Waals surface area contributed by atoms with Crippen molar-refractivity contribution in [2.45, 2.75) is 64.1 Å². The lowest BCUT2D eigenvalue weighted by Crippen LogP contribution is -2.53. The van der Waals surface area contributed by atoms with Gasteiger partial charge in [-0.25, -0.2) is 0 Å². The molecule has 5 nitrogen and oxygen atoms in total. The first-order valence-corrected chi connectivity index (χ1v) is 15.3. The molecule has 0 aliphatic heterocycles. The highest BCUT2D eigenvalue weighted by Crippen LogP contribution is 2.33. The smallest absolute Gasteiger partial charge is 0.261 e. The van der Waals surface area contributed by atoms with E-state index >= 15 is 0 Å². The number of fused-ring (bicyclic) bond motifs is 1. The van der Waals surface area contributed by atoms with Crippen LogP contribution < -0.4 is 10.1 Å². The molecule has 0 saturated heterocycles. The molecule has 0 unspecified atom stereocenters. The van der Waals surface area contributed by atoms with Gasteiger partial charge in [0.15, 0.2) is 6.61 Å². The Balaban J connectivity index is 1.43. The van der Waals surface area contributed by atoms with Crippen molar-refractivity contribution in [2.75, 3.05) is 6.61 Å². The maximum Gasteiger partial charge on any atom is 0.261 e. The molecule has 1 aliphatic rings. The molecule has 0 bridgehead atoms. The summed E-state index contributed by atoms with van der Waals surface area (Å²) in [7, 11) is 0. The summed E-state index contributed by atoms with van der Waals surface area (Å²) in [6, 6.07) is 29.4. The van der Waals surface area contributed by atoms with Crippen LogP contribution in [0.5, 0.6) is 5.75 Å². The Bertz CT molecular complexity index is 1480. The number of halogens is 1. The average Bonchev–Trinajstić information content (AvgIpc) is 2.99. The zero-order valence-corrected chi connectivity index (χ0v) is 25.1. The fourth-order valence-corrected chi connectivity index (χ4v) is 6.26. The Morgan fingerprint density at radius 3 is 2.41 bits per heavy atom. The number of hydrogen-bond donors (Lipinski definition) is 1. The highest BCUT2D eigenvalue weighted by atomic mass is 79.9. The van der Waals surface area contributed by atoms with E-state index in [0.717, 1.165) is 57.6 Å². The maximum absolute atomic E-state index is 14.0. The first kappa shape index (κ1) is 28.9. The van der Waals surface area contributed by atoms with Crippen LogP contribution in [0.3, 0.4) is 0 Å². The Labute approximate surface area is 251 Å². The van der Waals surface area contributed by atoms with Gasteiger partial charge in [-0.15, -0.1) is 0 Å². The van der Waals surface area contributed by atoms with E-state index in [0.29, 0.717) is 18.7 Å². The fourth-order valence-electron chi connectivity index (χ4n) is 5.65. The van der Waals surface area contributed by atoms with Crippen LogP contribution in [-0.2, 0) is 22.6 Å². The van der Waals surface area contributed by atoms with Crippen LogP contribution in [0, 0.1) is 6.92 Å². The van der Waals surface area contributed by atoms with Gasteiger partial charge in [0, 0.05) is 19.0 Å². The van der Waals surface area contributed by atoms with Crippen molar-refractivity contribution in [3.05, 3.63) is 112 Å². The van der Waals surface area contributed by atoms with Crippen molar-refractivity contribution < 1.29 is 14.3 Å². The van der Waals surface area contributed by atoms with Gasteiger partial charge in [-0.05, 0) is 63.7 Å². The van der Waals surface area contributed by atoms with Crippen molar-refractivity contribution in [1.29, 1.82) is 0 Å². The second-order valence-corrected chi connectivity index (χ2v) is 11.7. The molecule has 4 aromatic carbocycles. The third-order valence-corrected chi connectivity index (χ3v) is 8.66. The van der Waals surface area contributed by atoms with E-state index in [1.807, 2.05) is 91.9 Å². The number of nitrogens with one attached hydrogen (secondary N) is 1. The molecule has 1 atom stereocenters. The van der Waals surface area contributed by atoms with E-state index in [1.165, 1.54) is 6.42 Å². The SMILES string of the molecule is Cc1cccc(CN(C(=O)COc2ccc3ccccc3c2Br)[C@H](Cc2ccccc2)C(=O)NC2CCCCC2)c1. The maximum atomic E-state index is 14.0. The summed E-state index contributed by atoms with van der Waals surface area (Å²) in [6.45, 7) is 2.18. The van der Waals surface area contributed by atoms with Gasteiger partial charge in [0.1, 0.15) is 11.8 Å². The number of rotatable bonds is 10. The second kappa shape index (κ2) is 13.8. The number of amides is 2. The lowest BCUT2D eigenvalue weighted by molar-refractivity contribution is -0.143. The van der Waals surface area contributed by atoms with E-state index < -0.39 is 6.04 Å². The standard InChI is InChI=1S/C35H37BrN2O3/c1-25-11-10-14-27(21-25)23-38(33(39)24-41-32-20-19-28-15-8-9-18-30(28)34(32)36)31(22-26-12-4-2-5-13-26)35(40)37-29-16-6-3-7-17-29/h2,4-5,8-15,18-21,29,31H,3,6-7,16-17,22-24H2,1H3,(H,37,40)/t31-/m1/s1. The van der Waals surface area contributed by atoms with Gasteiger partial charge in [0.05, 0.1) is 4.47 Å². The second-order valence-electron chi connectivity index (χ2n) is 10.9. The predicted molar refractivity (Wildman–Crippen MR) is 168 cm³/mol. The Morgan fingerprint density at radius 2 is 1.63 bits per heavy atom. The topological polar surface area (TPSA) is 58.6 Å². The lowest BCUT2D eigenvalue weighted by atomic mass is 9.94. The molecular weight excluding hydrogens is 576 g/mol. The molecule has 2 amide bonds. The highest BCUT2D eigenvalue weighted by Gasteiger charge is 2.32. The fraction of sp³-hybridized carbons (Fsp3) is 0.314. The Hall–Kier alpha value is -3.64. The van der Waals surface area contributed by atoms with E-state index in [1.54, 1.807) is 4.90 Å². The van der Waals surface area contributed by atoms with Crippen LogP contribution in [0.15, 0.2) is 95.5 Å². The van der Waals surface area contributed by atoms with E-state index in [-0.39, 0.29) is 24.5 Å². The highest BCUT2D eigenvalue weighted by molar-refractivity contribution is 9.10. The minimum Gasteiger partial charge on any atom is -0.483 e. The summed E-state index contributed by atoms with van der Waals surface area (Å²) in [4.78, 5) is 29.7. The van der Waals surface area contributed by atoms with Crippen LogP contribution in [0.4, 0.5) is 0 Å². The minimum absolute atomic E-state index is 0.103. The summed E-state index contributed by atoms with van der Waals surface area (Å²) in [5.74, 6) is 0.263. The van der Waals surface area contributed by atoms with E-state index in [4.69, 9.17) is 4.74 Å². The van der Waals surface area contributed by atoms with E-state index in [9.17, 15) is 9.59 Å². The Kier molecular flexibility index (Phi) is 9.73. The average molecular weight is 614 g/mol. The molecular formula is C35H37BrN2O3. The van der Waals surface area contributed by atoms with Gasteiger partial charge in [0.2, 0.25) is 5.91 Å². The number of ether oxygens (including phenoxy) is 1. The molecule has 0 aromatic heterocycles. The first-order valence-electron chi connectivity index (χ1n) is 14.5. The van der Waals surface area contributed by atoms with Gasteiger partial charge < -0.3 is 15.0 Å². The molecule has 0 heterocycles. The molecule has 6 heteroatoms. The molecule has 212 valence electrons. The lowest BCUT2D eigenvalue weighted by Gasteiger charge is -2.33. The molecule has 1 aliphatic carbocycles. The summed E-state index contributed by atoms with van der Waals surface area (Å²) < 4.78 is 6.92. The summed E-state index contributed by atoms with van der Waals surface area (Å²) in [6.07, 6.45) is 5.84. The van der Waals surface area contributed by atoms with Gasteiger partial charge in [0.25, 0.3) is 5.91 Å². The van der Waals surface area contributed by atoms with Crippen LogP contribution >= 0.6 is 15.9 Å². The van der Waals surface area contributed by atoms with Gasteiger partial charge >= 0.3 is 0 Å². The Morgan fingerprint density at radius 1 is 0.902 bits per heavy atom. The zero-order valence-electron chi connectivity index (χ0n) is 23.5. The number of hydrogen-bond acceptors (Lipinski definition) is 3. The molecule has 1 N–H and O–H groups in total. The van der Waals surface area contributed by atoms with Crippen molar-refractivity contribution >= 4 is 38.5 Å². The summed E-state index contributed by atoms with van der Waals surface area (Å²) in [5.41, 5.74) is 3.10. The molecule has 1 fully saturated rings. The van der Waals surface area contributed by atoms with Crippen LogP contribution in [0.25, 0.3) is 10.8 Å². The number of aryl methyl sites for hydroxylation is 1. The number of benzene rings is 4. The van der Waals surface area contributed by atoms with Crippen molar-refractivity contribution in [3.63, 3.8) is 0 Å². The van der Waals surface area contributed by atoms with Crippen LogP contribution in [0.2, 0.25) is 0 Å². The summed E-state index contributed by atoms with van der Waals surface area (Å²) in [5, 5.41) is 5.39. The largest absolute Gasteiger partial charge is 0.483 e. The van der Waals surface area contributed by atoms with Crippen LogP contribution in [-0.4, -0.2) is 35.4 Å². The third-order valence-electron chi connectivity index (χ3n) is 7.84. The number of carbonyl (C=O) groups is 2. The van der Waals surface area contributed by atoms with Gasteiger partial charge in [-0.2, -0.15) is 0 Å². The van der Waals surface area contributed by atoms with Gasteiger partial charge in [-0.1, -0.05) is 110 Å². The normalized spacial score (nSPS) is 14.4. The monoisotopic (exact) mass is 612 g/mol. The number of carbonyl (C=O) groups excluding carboxylic acids is 2. The molecule has 0 radical (unpaired) electrons. The molecule has 1 saturated carbocycles. The van der Waals surface area contributed by atoms with Crippen molar-refractivity contribution in [2.24, 2.45) is 0 Å². The predicted octanol–water partition coefficient (Wildman–Crippen LogP) is 7.38. The molecule has 5 rings (SSSR count). The van der Waals surface area contributed by atoms with Gasteiger partial charge in [-0.3, -0.25) is 9.59 Å². The van der Waals surface area contributed by atoms with E-state index in [2.05, 4.69) is 27.3 Å². The molecule has 0 spiro atoms. The quantitative estimate of drug-likeness (QED) is 0.203. The van der Waals surface area contributed by atoms with Crippen molar-refractivity contribution in [1.82, 2.24) is 10.2 Å². The van der Waals surface area contributed by atoms with Crippen LogP contribution in [0.1, 0.15) is 48.8 Å². The summed E-state index contributed by atoms with van der Waals surface area (Å²) >= 11 is 3.67.